The Labute approximate surface area is 224 Å². The number of ether oxygens (including phenoxy) is 1. The maximum atomic E-state index is 13.1. The molecule has 2 aromatic rings. The number of hydrogen-bond donors (Lipinski definition) is 1. The van der Waals surface area contributed by atoms with Crippen LogP contribution >= 0.6 is 11.6 Å². The minimum Gasteiger partial charge on any atom is -0.490 e. The monoisotopic (exact) mass is 540 g/mol. The molecule has 4 aliphatic rings. The smallest absolute Gasteiger partial charge is 0.264 e. The number of amides is 1. The van der Waals surface area contributed by atoms with E-state index < -0.39 is 21.2 Å². The SMILES string of the molecule is CC1C/C=C\C2CCC2CN2C[C@@]3(CCCc4cc(Cl)ccc43)COc3ccc(cc32)C(=O)NS1(=O)=O. The fourth-order valence-electron chi connectivity index (χ4n) is 6.47. The third-order valence-electron chi connectivity index (χ3n) is 8.85. The van der Waals surface area contributed by atoms with Crippen LogP contribution in [0.3, 0.4) is 0 Å². The Kier molecular flexibility index (Phi) is 6.27. The molecule has 3 unspecified atom stereocenters. The largest absolute Gasteiger partial charge is 0.490 e. The number of anilines is 1. The number of hydrogen-bond acceptors (Lipinski definition) is 5. The Hall–Kier alpha value is -2.51. The van der Waals surface area contributed by atoms with Gasteiger partial charge < -0.3 is 9.64 Å². The van der Waals surface area contributed by atoms with Gasteiger partial charge in [-0.15, -0.1) is 0 Å². The summed E-state index contributed by atoms with van der Waals surface area (Å²) < 4.78 is 34.4. The number of halogens is 1. The highest BCUT2D eigenvalue weighted by molar-refractivity contribution is 7.90. The number of nitrogens with zero attached hydrogens (tertiary/aromatic N) is 1. The van der Waals surface area contributed by atoms with Crippen LogP contribution in [0.4, 0.5) is 5.69 Å². The number of benzene rings is 2. The molecule has 1 N–H and O–H groups in total. The number of allylic oxidation sites excluding steroid dienone is 2. The van der Waals surface area contributed by atoms with E-state index >= 15 is 0 Å². The van der Waals surface area contributed by atoms with Crippen molar-refractivity contribution in [2.75, 3.05) is 24.6 Å². The lowest BCUT2D eigenvalue weighted by molar-refractivity contribution is 0.0981. The molecule has 4 atom stereocenters. The first-order valence-electron chi connectivity index (χ1n) is 13.3. The van der Waals surface area contributed by atoms with Crippen LogP contribution in [0.25, 0.3) is 0 Å². The molecule has 2 aromatic carbocycles. The van der Waals surface area contributed by atoms with E-state index in [4.69, 9.17) is 16.3 Å². The quantitative estimate of drug-likeness (QED) is 0.462. The third kappa shape index (κ3) is 4.54. The summed E-state index contributed by atoms with van der Waals surface area (Å²) >= 11 is 6.36. The first-order chi connectivity index (χ1) is 17.7. The van der Waals surface area contributed by atoms with Crippen LogP contribution in [0.5, 0.6) is 5.75 Å². The summed E-state index contributed by atoms with van der Waals surface area (Å²) in [4.78, 5) is 15.5. The molecule has 0 radical (unpaired) electrons. The van der Waals surface area contributed by atoms with Gasteiger partial charge in [0.2, 0.25) is 10.0 Å². The Morgan fingerprint density at radius 1 is 1.16 bits per heavy atom. The van der Waals surface area contributed by atoms with Gasteiger partial charge >= 0.3 is 0 Å². The van der Waals surface area contributed by atoms with Crippen molar-refractivity contribution in [3.05, 3.63) is 70.3 Å². The molecule has 0 saturated heterocycles. The van der Waals surface area contributed by atoms with Crippen molar-refractivity contribution < 1.29 is 17.9 Å². The van der Waals surface area contributed by atoms with Crippen molar-refractivity contribution in [3.8, 4) is 5.75 Å². The van der Waals surface area contributed by atoms with Crippen LogP contribution in [0, 0.1) is 11.8 Å². The summed E-state index contributed by atoms with van der Waals surface area (Å²) in [7, 11) is -3.79. The van der Waals surface area contributed by atoms with Crippen molar-refractivity contribution in [2.45, 2.75) is 56.1 Å². The van der Waals surface area contributed by atoms with Gasteiger partial charge in [-0.2, -0.15) is 0 Å². The van der Waals surface area contributed by atoms with Crippen molar-refractivity contribution in [3.63, 3.8) is 0 Å². The Morgan fingerprint density at radius 2 is 2.03 bits per heavy atom. The van der Waals surface area contributed by atoms with E-state index in [2.05, 4.69) is 27.8 Å². The number of carbonyl (C=O) groups is 1. The van der Waals surface area contributed by atoms with Crippen molar-refractivity contribution in [1.29, 1.82) is 0 Å². The standard InChI is InChI=1S/C29H33ClN2O4S/c1-19-4-2-5-20-7-8-23(20)16-32-17-29(13-3-6-21-14-24(30)10-11-25(21)29)18-36-27-12-9-22(15-26(27)32)28(33)31-37(19,34)35/h2,5,9-12,14-15,19-20,23H,3-4,6-8,13,16-18H2,1H3,(H,31,33)/b5-2-/t19?,20?,23?,29-/m0/s1. The van der Waals surface area contributed by atoms with E-state index in [-0.39, 0.29) is 5.41 Å². The lowest BCUT2D eigenvalue weighted by Crippen LogP contribution is -2.48. The highest BCUT2D eigenvalue weighted by Gasteiger charge is 2.43. The molecule has 2 bridgehead atoms. The summed E-state index contributed by atoms with van der Waals surface area (Å²) in [6.45, 7) is 3.85. The lowest BCUT2D eigenvalue weighted by atomic mass is 9.69. The van der Waals surface area contributed by atoms with Crippen LogP contribution in [0.15, 0.2) is 48.6 Å². The van der Waals surface area contributed by atoms with Gasteiger partial charge in [0.05, 0.1) is 17.5 Å². The lowest BCUT2D eigenvalue weighted by Gasteiger charge is -2.44. The molecule has 6 nitrogen and oxygen atoms in total. The van der Waals surface area contributed by atoms with Gasteiger partial charge in [0.25, 0.3) is 5.91 Å². The van der Waals surface area contributed by atoms with Crippen LogP contribution in [-0.4, -0.2) is 39.3 Å². The molecular formula is C29H33ClN2O4S. The van der Waals surface area contributed by atoms with Crippen molar-refractivity contribution in [2.24, 2.45) is 11.8 Å². The number of sulfonamides is 1. The van der Waals surface area contributed by atoms with Gasteiger partial charge in [-0.25, -0.2) is 13.1 Å². The average Bonchev–Trinajstić information content (AvgIpc) is 3.00. The number of nitrogens with one attached hydrogen (secondary N) is 1. The molecule has 196 valence electrons. The van der Waals surface area contributed by atoms with Gasteiger partial charge in [0, 0.05) is 29.1 Å². The molecule has 37 heavy (non-hydrogen) atoms. The zero-order chi connectivity index (χ0) is 25.8. The second-order valence-corrected chi connectivity index (χ2v) is 13.8. The predicted octanol–water partition coefficient (Wildman–Crippen LogP) is 5.25. The highest BCUT2D eigenvalue weighted by Crippen LogP contribution is 2.46. The molecule has 1 spiro atoms. The second kappa shape index (κ2) is 9.35. The summed E-state index contributed by atoms with van der Waals surface area (Å²) in [5.74, 6) is 1.04. The molecule has 6 rings (SSSR count). The van der Waals surface area contributed by atoms with Gasteiger partial charge in [0.1, 0.15) is 5.75 Å². The van der Waals surface area contributed by atoms with Gasteiger partial charge in [-0.3, -0.25) is 4.79 Å². The van der Waals surface area contributed by atoms with Gasteiger partial charge in [-0.1, -0.05) is 29.8 Å². The normalized spacial score (nSPS) is 31.5. The Morgan fingerprint density at radius 3 is 2.84 bits per heavy atom. The highest BCUT2D eigenvalue weighted by atomic mass is 35.5. The zero-order valence-electron chi connectivity index (χ0n) is 21.1. The zero-order valence-corrected chi connectivity index (χ0v) is 22.7. The van der Waals surface area contributed by atoms with Crippen LogP contribution in [0.2, 0.25) is 5.02 Å². The molecule has 1 fully saturated rings. The summed E-state index contributed by atoms with van der Waals surface area (Å²) in [5.41, 5.74) is 3.60. The molecule has 2 aliphatic heterocycles. The average molecular weight is 541 g/mol. The minimum absolute atomic E-state index is 0.182. The molecule has 8 heteroatoms. The predicted molar refractivity (Wildman–Crippen MR) is 146 cm³/mol. The number of carbonyl (C=O) groups excluding carboxylic acids is 1. The molecule has 0 aromatic heterocycles. The van der Waals surface area contributed by atoms with E-state index in [1.165, 1.54) is 11.1 Å². The van der Waals surface area contributed by atoms with E-state index in [0.717, 1.165) is 61.7 Å². The third-order valence-corrected chi connectivity index (χ3v) is 10.8. The first kappa shape index (κ1) is 24.8. The second-order valence-electron chi connectivity index (χ2n) is 11.2. The first-order valence-corrected chi connectivity index (χ1v) is 15.2. The molecule has 1 saturated carbocycles. The number of fused-ring (bicyclic) bond motifs is 4. The fourth-order valence-corrected chi connectivity index (χ4v) is 7.61. The number of rotatable bonds is 0. The van der Waals surface area contributed by atoms with E-state index in [0.29, 0.717) is 30.4 Å². The van der Waals surface area contributed by atoms with Gasteiger partial charge in [-0.05, 0) is 98.7 Å². The molecule has 2 heterocycles. The molecule has 2 aliphatic carbocycles. The summed E-state index contributed by atoms with van der Waals surface area (Å²) in [5, 5.41) is 0.0745. The maximum absolute atomic E-state index is 13.1. The fraction of sp³-hybridized carbons (Fsp3) is 0.483. The summed E-state index contributed by atoms with van der Waals surface area (Å²) in [6, 6.07) is 11.5. The van der Waals surface area contributed by atoms with Crippen LogP contribution in [-0.2, 0) is 21.9 Å². The molecular weight excluding hydrogens is 508 g/mol. The van der Waals surface area contributed by atoms with Gasteiger partial charge in [0.15, 0.2) is 0 Å². The van der Waals surface area contributed by atoms with Crippen LogP contribution in [0.1, 0.15) is 60.5 Å². The topological polar surface area (TPSA) is 75.7 Å². The Balaban J connectivity index is 1.43. The van der Waals surface area contributed by atoms with Crippen LogP contribution < -0.4 is 14.4 Å². The van der Waals surface area contributed by atoms with E-state index in [1.54, 1.807) is 13.0 Å². The minimum atomic E-state index is -3.79. The maximum Gasteiger partial charge on any atom is 0.264 e. The van der Waals surface area contributed by atoms with Crippen molar-refractivity contribution in [1.82, 2.24) is 4.72 Å². The number of aryl methyl sites for hydroxylation is 1. The summed E-state index contributed by atoms with van der Waals surface area (Å²) in [6.07, 6.45) is 9.90. The van der Waals surface area contributed by atoms with E-state index in [1.807, 2.05) is 24.3 Å². The Bertz CT molecular complexity index is 1370. The molecule has 1 amide bonds. The van der Waals surface area contributed by atoms with Crippen molar-refractivity contribution >= 4 is 33.2 Å². The van der Waals surface area contributed by atoms with E-state index in [9.17, 15) is 13.2 Å².